The molecule has 1 aromatic carbocycles. The minimum Gasteiger partial charge on any atom is -0.369 e. The number of piperidine rings is 1. The number of hydrogen-bond acceptors (Lipinski definition) is 2. The first kappa shape index (κ1) is 12.1. The van der Waals surface area contributed by atoms with Gasteiger partial charge in [-0.1, -0.05) is 19.9 Å². The lowest BCUT2D eigenvalue weighted by atomic mass is 9.82. The predicted octanol–water partition coefficient (Wildman–Crippen LogP) is 3.26. The molecule has 17 heavy (non-hydrogen) atoms. The number of carbonyl (C=O) groups is 1. The van der Waals surface area contributed by atoms with Crippen molar-refractivity contribution in [2.45, 2.75) is 26.7 Å². The Labute approximate surface area is 101 Å². The summed E-state index contributed by atoms with van der Waals surface area (Å²) in [6, 6.07) is 4.67. The molecule has 0 atom stereocenters. The molecule has 1 aliphatic rings. The summed E-state index contributed by atoms with van der Waals surface area (Å²) >= 11 is 0. The number of para-hydroxylation sites is 1. The molecule has 0 aromatic heterocycles. The van der Waals surface area contributed by atoms with Crippen molar-refractivity contribution in [3.05, 3.63) is 29.6 Å². The van der Waals surface area contributed by atoms with Crippen molar-refractivity contribution in [1.29, 1.82) is 0 Å². The largest absolute Gasteiger partial charge is 0.369 e. The Balaban J connectivity index is 2.26. The van der Waals surface area contributed by atoms with Crippen LogP contribution in [0.3, 0.4) is 0 Å². The summed E-state index contributed by atoms with van der Waals surface area (Å²) in [4.78, 5) is 12.9. The summed E-state index contributed by atoms with van der Waals surface area (Å²) in [6.07, 6.45) is 2.79. The smallest absolute Gasteiger partial charge is 0.152 e. The van der Waals surface area contributed by atoms with Crippen LogP contribution in [0.5, 0.6) is 0 Å². The minimum atomic E-state index is -0.297. The lowest BCUT2D eigenvalue weighted by Gasteiger charge is -2.38. The van der Waals surface area contributed by atoms with E-state index in [0.717, 1.165) is 32.2 Å². The van der Waals surface area contributed by atoms with Gasteiger partial charge in [-0.05, 0) is 30.4 Å². The van der Waals surface area contributed by atoms with Crippen molar-refractivity contribution >= 4 is 12.0 Å². The highest BCUT2D eigenvalue weighted by atomic mass is 19.1. The normalized spacial score (nSPS) is 19.1. The third kappa shape index (κ3) is 2.48. The molecule has 3 heteroatoms. The highest BCUT2D eigenvalue weighted by Gasteiger charge is 2.27. The molecule has 0 unspecified atom stereocenters. The van der Waals surface area contributed by atoms with Gasteiger partial charge in [0.05, 0.1) is 5.69 Å². The van der Waals surface area contributed by atoms with Gasteiger partial charge >= 0.3 is 0 Å². The van der Waals surface area contributed by atoms with Crippen molar-refractivity contribution in [3.63, 3.8) is 0 Å². The Morgan fingerprint density at radius 1 is 1.29 bits per heavy atom. The number of anilines is 1. The second-order valence-electron chi connectivity index (χ2n) is 5.45. The van der Waals surface area contributed by atoms with E-state index in [9.17, 15) is 9.18 Å². The summed E-state index contributed by atoms with van der Waals surface area (Å²) in [5, 5.41) is 0. The van der Waals surface area contributed by atoms with E-state index in [-0.39, 0.29) is 5.82 Å². The van der Waals surface area contributed by atoms with Gasteiger partial charge in [0.15, 0.2) is 6.29 Å². The number of halogens is 1. The zero-order valence-corrected chi connectivity index (χ0v) is 10.4. The summed E-state index contributed by atoms with van der Waals surface area (Å²) in [7, 11) is 0. The predicted molar refractivity (Wildman–Crippen MR) is 67.0 cm³/mol. The Morgan fingerprint density at radius 3 is 2.53 bits per heavy atom. The molecule has 0 amide bonds. The molecule has 0 spiro atoms. The average Bonchev–Trinajstić information content (AvgIpc) is 2.29. The summed E-state index contributed by atoms with van der Waals surface area (Å²) in [5.41, 5.74) is 1.24. The van der Waals surface area contributed by atoms with Crippen molar-refractivity contribution in [3.8, 4) is 0 Å². The Morgan fingerprint density at radius 2 is 1.94 bits per heavy atom. The Kier molecular flexibility index (Phi) is 3.18. The number of benzene rings is 1. The quantitative estimate of drug-likeness (QED) is 0.733. The summed E-state index contributed by atoms with van der Waals surface area (Å²) in [5.74, 6) is -0.297. The van der Waals surface area contributed by atoms with E-state index in [4.69, 9.17) is 0 Å². The van der Waals surface area contributed by atoms with Gasteiger partial charge in [-0.15, -0.1) is 0 Å². The van der Waals surface area contributed by atoms with E-state index in [0.29, 0.717) is 16.7 Å². The van der Waals surface area contributed by atoms with Crippen molar-refractivity contribution in [2.24, 2.45) is 5.41 Å². The highest BCUT2D eigenvalue weighted by Crippen LogP contribution is 2.34. The van der Waals surface area contributed by atoms with Crippen LogP contribution in [0, 0.1) is 11.2 Å². The van der Waals surface area contributed by atoms with E-state index in [1.807, 2.05) is 4.90 Å². The average molecular weight is 235 g/mol. The molecule has 1 heterocycles. The van der Waals surface area contributed by atoms with E-state index in [1.54, 1.807) is 12.1 Å². The number of nitrogens with zero attached hydrogens (tertiary/aromatic N) is 1. The fraction of sp³-hybridized carbons (Fsp3) is 0.500. The van der Waals surface area contributed by atoms with Crippen LogP contribution in [-0.2, 0) is 0 Å². The van der Waals surface area contributed by atoms with Crippen molar-refractivity contribution < 1.29 is 9.18 Å². The minimum absolute atomic E-state index is 0.297. The molecule has 1 fully saturated rings. The number of aldehydes is 1. The number of hydrogen-bond donors (Lipinski definition) is 0. The SMILES string of the molecule is CC1(C)CCN(c2c(F)cccc2C=O)CC1. The lowest BCUT2D eigenvalue weighted by molar-refractivity contribution is 0.112. The van der Waals surface area contributed by atoms with Gasteiger partial charge in [-0.3, -0.25) is 4.79 Å². The van der Waals surface area contributed by atoms with Crippen LogP contribution in [-0.4, -0.2) is 19.4 Å². The van der Waals surface area contributed by atoms with Crippen LogP contribution < -0.4 is 4.90 Å². The first-order valence-corrected chi connectivity index (χ1v) is 6.02. The van der Waals surface area contributed by atoms with E-state index in [2.05, 4.69) is 13.8 Å². The first-order chi connectivity index (χ1) is 8.03. The molecule has 92 valence electrons. The molecule has 1 saturated heterocycles. The maximum Gasteiger partial charge on any atom is 0.152 e. The van der Waals surface area contributed by atoms with Crippen LogP contribution in [0.15, 0.2) is 18.2 Å². The van der Waals surface area contributed by atoms with E-state index in [1.165, 1.54) is 6.07 Å². The second-order valence-corrected chi connectivity index (χ2v) is 5.45. The molecular weight excluding hydrogens is 217 g/mol. The zero-order valence-electron chi connectivity index (χ0n) is 10.4. The summed E-state index contributed by atoms with van der Waals surface area (Å²) < 4.78 is 13.8. The molecule has 0 radical (unpaired) electrons. The van der Waals surface area contributed by atoms with Gasteiger partial charge in [0, 0.05) is 18.7 Å². The second kappa shape index (κ2) is 4.47. The van der Waals surface area contributed by atoms with Crippen LogP contribution >= 0.6 is 0 Å². The molecule has 2 rings (SSSR count). The van der Waals surface area contributed by atoms with Gasteiger partial charge in [-0.25, -0.2) is 4.39 Å². The van der Waals surface area contributed by atoms with Gasteiger partial charge in [0.2, 0.25) is 0 Å². The zero-order chi connectivity index (χ0) is 12.5. The fourth-order valence-electron chi connectivity index (χ4n) is 2.30. The topological polar surface area (TPSA) is 20.3 Å². The van der Waals surface area contributed by atoms with Crippen LogP contribution in [0.4, 0.5) is 10.1 Å². The fourth-order valence-corrected chi connectivity index (χ4v) is 2.30. The molecule has 0 saturated carbocycles. The number of rotatable bonds is 2. The van der Waals surface area contributed by atoms with Crippen molar-refractivity contribution in [1.82, 2.24) is 0 Å². The van der Waals surface area contributed by atoms with Crippen molar-refractivity contribution in [2.75, 3.05) is 18.0 Å². The molecule has 0 aliphatic carbocycles. The van der Waals surface area contributed by atoms with Gasteiger partial charge < -0.3 is 4.90 Å². The molecule has 0 N–H and O–H groups in total. The molecule has 2 nitrogen and oxygen atoms in total. The molecule has 1 aliphatic heterocycles. The Hall–Kier alpha value is -1.38. The lowest BCUT2D eigenvalue weighted by Crippen LogP contribution is -2.38. The van der Waals surface area contributed by atoms with Crippen LogP contribution in [0.1, 0.15) is 37.0 Å². The van der Waals surface area contributed by atoms with E-state index < -0.39 is 0 Å². The summed E-state index contributed by atoms with van der Waals surface area (Å²) in [6.45, 7) is 6.09. The van der Waals surface area contributed by atoms with E-state index >= 15 is 0 Å². The molecular formula is C14H18FNO. The first-order valence-electron chi connectivity index (χ1n) is 6.02. The van der Waals surface area contributed by atoms with Gasteiger partial charge in [-0.2, -0.15) is 0 Å². The molecule has 1 aromatic rings. The van der Waals surface area contributed by atoms with Crippen LogP contribution in [0.2, 0.25) is 0 Å². The third-order valence-electron chi connectivity index (χ3n) is 3.58. The van der Waals surface area contributed by atoms with Crippen LogP contribution in [0.25, 0.3) is 0 Å². The Bertz CT molecular complexity index is 418. The molecule has 0 bridgehead atoms. The third-order valence-corrected chi connectivity index (χ3v) is 3.58. The monoisotopic (exact) mass is 235 g/mol. The maximum atomic E-state index is 13.8. The standard InChI is InChI=1S/C14H18FNO/c1-14(2)6-8-16(9-7-14)13-11(10-17)4-3-5-12(13)15/h3-5,10H,6-9H2,1-2H3. The highest BCUT2D eigenvalue weighted by molar-refractivity contribution is 5.84. The van der Waals surface area contributed by atoms with Gasteiger partial charge in [0.1, 0.15) is 5.82 Å². The number of carbonyl (C=O) groups excluding carboxylic acids is 1. The maximum absolute atomic E-state index is 13.8. The van der Waals surface area contributed by atoms with Gasteiger partial charge in [0.25, 0.3) is 0 Å².